The summed E-state index contributed by atoms with van der Waals surface area (Å²) in [5, 5.41) is 5.80. The topological polar surface area (TPSA) is 47.6 Å². The zero-order valence-corrected chi connectivity index (χ0v) is 15.2. The van der Waals surface area contributed by atoms with Gasteiger partial charge in [-0.05, 0) is 19.2 Å². The van der Waals surface area contributed by atoms with Crippen molar-refractivity contribution in [2.45, 2.75) is 0 Å². The van der Waals surface area contributed by atoms with E-state index in [1.54, 1.807) is 0 Å². The summed E-state index contributed by atoms with van der Waals surface area (Å²) in [7, 11) is 1.86. The number of hydrogen-bond acceptors (Lipinski definition) is 4. The predicted octanol–water partition coefficient (Wildman–Crippen LogP) is 1.58. The molecule has 0 spiro atoms. The predicted molar refractivity (Wildman–Crippen MR) is 96.3 cm³/mol. The summed E-state index contributed by atoms with van der Waals surface area (Å²) in [6.07, 6.45) is 0. The molecule has 0 radical (unpaired) electrons. The van der Waals surface area contributed by atoms with Crippen LogP contribution in [-0.4, -0.2) is 68.6 Å². The highest BCUT2D eigenvalue weighted by molar-refractivity contribution is 5.92. The summed E-state index contributed by atoms with van der Waals surface area (Å²) < 4.78 is 26.1. The number of amides is 1. The average Bonchev–Trinajstić information content (AvgIpc) is 2.45. The third-order valence-electron chi connectivity index (χ3n) is 3.57. The Kier molecular flexibility index (Phi) is 11.1. The number of anilines is 1. The highest BCUT2D eigenvalue weighted by Gasteiger charge is 2.12. The maximum Gasteiger partial charge on any atom is 0.238 e. The van der Waals surface area contributed by atoms with Crippen LogP contribution in [0.1, 0.15) is 0 Å². The van der Waals surface area contributed by atoms with Gasteiger partial charge in [-0.15, -0.1) is 24.8 Å². The quantitative estimate of drug-likeness (QED) is 0.781. The number of halogens is 4. The van der Waals surface area contributed by atoms with Crippen molar-refractivity contribution in [2.75, 3.05) is 58.2 Å². The number of rotatable bonds is 6. The average molecular weight is 385 g/mol. The molecule has 1 fully saturated rings. The van der Waals surface area contributed by atoms with Crippen LogP contribution < -0.4 is 10.6 Å². The normalized spacial score (nSPS) is 14.7. The van der Waals surface area contributed by atoms with Gasteiger partial charge in [-0.1, -0.05) is 0 Å². The van der Waals surface area contributed by atoms with E-state index >= 15 is 0 Å². The number of carbonyl (C=O) groups is 1. The third kappa shape index (κ3) is 8.21. The van der Waals surface area contributed by atoms with E-state index in [4.69, 9.17) is 0 Å². The third-order valence-corrected chi connectivity index (χ3v) is 3.57. The van der Waals surface area contributed by atoms with Gasteiger partial charge in [0.25, 0.3) is 0 Å². The first-order valence-electron chi connectivity index (χ1n) is 7.40. The van der Waals surface area contributed by atoms with Crippen molar-refractivity contribution in [2.24, 2.45) is 0 Å². The lowest BCUT2D eigenvalue weighted by molar-refractivity contribution is -0.117. The Balaban J connectivity index is 0.00000264. The van der Waals surface area contributed by atoms with E-state index < -0.39 is 11.6 Å². The van der Waals surface area contributed by atoms with Crippen LogP contribution in [0.15, 0.2) is 18.2 Å². The molecule has 0 unspecified atom stereocenters. The minimum atomic E-state index is -0.706. The minimum Gasteiger partial charge on any atom is -0.325 e. The largest absolute Gasteiger partial charge is 0.325 e. The van der Waals surface area contributed by atoms with Crippen molar-refractivity contribution in [1.82, 2.24) is 15.1 Å². The monoisotopic (exact) mass is 384 g/mol. The van der Waals surface area contributed by atoms with E-state index in [1.165, 1.54) is 0 Å². The molecule has 2 N–H and O–H groups in total. The van der Waals surface area contributed by atoms with Gasteiger partial charge >= 0.3 is 0 Å². The number of likely N-dealkylation sites (N-methyl/N-ethyl adjacent to an activating group) is 1. The fourth-order valence-corrected chi connectivity index (χ4v) is 2.40. The zero-order valence-electron chi connectivity index (χ0n) is 13.6. The Morgan fingerprint density at radius 2 is 1.79 bits per heavy atom. The van der Waals surface area contributed by atoms with E-state index in [2.05, 4.69) is 15.5 Å². The lowest BCUT2D eigenvalue weighted by Gasteiger charge is -2.28. The Hall–Kier alpha value is -0.990. The standard InChI is InChI=1S/C15H22F2N4O.2ClH/c1-20(6-7-21-4-2-18-3-5-21)11-15(22)19-14-9-12(16)8-13(17)10-14;;/h8-10,18H,2-7,11H2,1H3,(H,19,22);2*1H. The highest BCUT2D eigenvalue weighted by atomic mass is 35.5. The van der Waals surface area contributed by atoms with Gasteiger partial charge in [0.15, 0.2) is 0 Å². The first-order chi connectivity index (χ1) is 10.5. The van der Waals surface area contributed by atoms with Crippen molar-refractivity contribution in [1.29, 1.82) is 0 Å². The van der Waals surface area contributed by atoms with Crippen molar-refractivity contribution in [3.05, 3.63) is 29.8 Å². The molecule has 2 rings (SSSR count). The number of hydrogen-bond donors (Lipinski definition) is 2. The molecule has 138 valence electrons. The van der Waals surface area contributed by atoms with Crippen molar-refractivity contribution >= 4 is 36.4 Å². The molecule has 9 heteroatoms. The number of nitrogens with one attached hydrogen (secondary N) is 2. The van der Waals surface area contributed by atoms with Crippen LogP contribution in [0.4, 0.5) is 14.5 Å². The van der Waals surface area contributed by atoms with Crippen LogP contribution in [0.5, 0.6) is 0 Å². The Labute approximate surface area is 153 Å². The van der Waals surface area contributed by atoms with Gasteiger partial charge in [0, 0.05) is 51.0 Å². The molecule has 1 aromatic rings. The summed E-state index contributed by atoms with van der Waals surface area (Å²) in [5.74, 6) is -1.70. The van der Waals surface area contributed by atoms with Crippen LogP contribution >= 0.6 is 24.8 Å². The van der Waals surface area contributed by atoms with E-state index in [0.29, 0.717) is 0 Å². The fourth-order valence-electron chi connectivity index (χ4n) is 2.40. The number of carbonyl (C=O) groups excluding carboxylic acids is 1. The molecule has 1 aliphatic rings. The zero-order chi connectivity index (χ0) is 15.9. The second kappa shape index (κ2) is 11.5. The van der Waals surface area contributed by atoms with E-state index in [1.807, 2.05) is 11.9 Å². The highest BCUT2D eigenvalue weighted by Crippen LogP contribution is 2.12. The first kappa shape index (κ1) is 23.0. The van der Waals surface area contributed by atoms with Gasteiger partial charge in [-0.3, -0.25) is 14.6 Å². The molecule has 0 saturated carbocycles. The van der Waals surface area contributed by atoms with E-state index in [9.17, 15) is 13.6 Å². The van der Waals surface area contributed by atoms with Crippen LogP contribution in [0.25, 0.3) is 0 Å². The molecule has 1 heterocycles. The first-order valence-corrected chi connectivity index (χ1v) is 7.40. The van der Waals surface area contributed by atoms with E-state index in [-0.39, 0.29) is 43.0 Å². The van der Waals surface area contributed by atoms with Crippen molar-refractivity contribution in [3.8, 4) is 0 Å². The maximum atomic E-state index is 13.1. The maximum absolute atomic E-state index is 13.1. The van der Waals surface area contributed by atoms with E-state index in [0.717, 1.165) is 57.5 Å². The molecule has 1 amide bonds. The molecular weight excluding hydrogens is 361 g/mol. The SMILES string of the molecule is CN(CCN1CCNCC1)CC(=O)Nc1cc(F)cc(F)c1.Cl.Cl. The summed E-state index contributed by atoms with van der Waals surface area (Å²) >= 11 is 0. The molecule has 0 bridgehead atoms. The molecular formula is C15H24Cl2F2N4O. The number of nitrogens with zero attached hydrogens (tertiary/aromatic N) is 2. The Morgan fingerprint density at radius 3 is 2.38 bits per heavy atom. The molecule has 5 nitrogen and oxygen atoms in total. The lowest BCUT2D eigenvalue weighted by Crippen LogP contribution is -2.46. The molecule has 0 aromatic heterocycles. The van der Waals surface area contributed by atoms with Crippen molar-refractivity contribution in [3.63, 3.8) is 0 Å². The molecule has 0 atom stereocenters. The smallest absolute Gasteiger partial charge is 0.238 e. The second-order valence-electron chi connectivity index (χ2n) is 5.54. The second-order valence-corrected chi connectivity index (χ2v) is 5.54. The summed E-state index contributed by atoms with van der Waals surface area (Å²) in [4.78, 5) is 16.1. The minimum absolute atomic E-state index is 0. The molecule has 0 aliphatic carbocycles. The fraction of sp³-hybridized carbons (Fsp3) is 0.533. The lowest BCUT2D eigenvalue weighted by atomic mass is 10.3. The van der Waals surface area contributed by atoms with Crippen LogP contribution in [-0.2, 0) is 4.79 Å². The van der Waals surface area contributed by atoms with Gasteiger partial charge < -0.3 is 10.6 Å². The molecule has 24 heavy (non-hydrogen) atoms. The molecule has 1 saturated heterocycles. The Bertz CT molecular complexity index is 496. The van der Waals surface area contributed by atoms with Gasteiger partial charge in [0.1, 0.15) is 11.6 Å². The van der Waals surface area contributed by atoms with Crippen LogP contribution in [0.2, 0.25) is 0 Å². The number of benzene rings is 1. The molecule has 1 aromatic carbocycles. The van der Waals surface area contributed by atoms with Crippen LogP contribution in [0.3, 0.4) is 0 Å². The Morgan fingerprint density at radius 1 is 1.21 bits per heavy atom. The van der Waals surface area contributed by atoms with Crippen molar-refractivity contribution < 1.29 is 13.6 Å². The summed E-state index contributed by atoms with van der Waals surface area (Å²) in [6, 6.07) is 2.97. The summed E-state index contributed by atoms with van der Waals surface area (Å²) in [5.41, 5.74) is 0.137. The van der Waals surface area contributed by atoms with Gasteiger partial charge in [0.05, 0.1) is 6.54 Å². The van der Waals surface area contributed by atoms with Gasteiger partial charge in [-0.2, -0.15) is 0 Å². The van der Waals surface area contributed by atoms with Gasteiger partial charge in [0.2, 0.25) is 5.91 Å². The number of piperazine rings is 1. The molecule has 1 aliphatic heterocycles. The van der Waals surface area contributed by atoms with Gasteiger partial charge in [-0.25, -0.2) is 8.78 Å². The summed E-state index contributed by atoms with van der Waals surface area (Å²) in [6.45, 7) is 5.88. The van der Waals surface area contributed by atoms with Crippen LogP contribution in [0, 0.1) is 11.6 Å².